The first kappa shape index (κ1) is 20.4. The van der Waals surface area contributed by atoms with E-state index in [1.54, 1.807) is 0 Å². The third-order valence-electron chi connectivity index (χ3n) is 5.99. The van der Waals surface area contributed by atoms with E-state index in [4.69, 9.17) is 0 Å². The lowest BCUT2D eigenvalue weighted by atomic mass is 10.1. The number of hydrogen-bond acceptors (Lipinski definition) is 3. The maximum atomic E-state index is 12.9. The summed E-state index contributed by atoms with van der Waals surface area (Å²) < 4.78 is 0. The third kappa shape index (κ3) is 4.56. The summed E-state index contributed by atoms with van der Waals surface area (Å²) in [5.74, 6) is 0.148. The van der Waals surface area contributed by atoms with Gasteiger partial charge in [0.15, 0.2) is 0 Å². The highest BCUT2D eigenvalue weighted by Crippen LogP contribution is 2.24. The Labute approximate surface area is 169 Å². The van der Waals surface area contributed by atoms with Gasteiger partial charge in [-0.1, -0.05) is 38.1 Å². The molecule has 2 aromatic carbocycles. The van der Waals surface area contributed by atoms with Crippen molar-refractivity contribution in [2.45, 2.75) is 34.2 Å². The van der Waals surface area contributed by atoms with Crippen molar-refractivity contribution < 1.29 is 4.79 Å². The van der Waals surface area contributed by atoms with Crippen LogP contribution in [0.4, 0.5) is 5.69 Å². The fourth-order valence-corrected chi connectivity index (χ4v) is 3.87. The van der Waals surface area contributed by atoms with Crippen LogP contribution < -0.4 is 4.90 Å². The first-order chi connectivity index (χ1) is 13.5. The van der Waals surface area contributed by atoms with Gasteiger partial charge >= 0.3 is 0 Å². The molecule has 0 bridgehead atoms. The molecule has 28 heavy (non-hydrogen) atoms. The van der Waals surface area contributed by atoms with Crippen molar-refractivity contribution >= 4 is 11.6 Å². The molecule has 0 saturated carbocycles. The molecular formula is C24H33N3O. The lowest BCUT2D eigenvalue weighted by Gasteiger charge is -2.37. The summed E-state index contributed by atoms with van der Waals surface area (Å²) in [6.45, 7) is 15.0. The van der Waals surface area contributed by atoms with E-state index in [0.717, 1.165) is 51.4 Å². The van der Waals surface area contributed by atoms with Crippen molar-refractivity contribution in [3.63, 3.8) is 0 Å². The van der Waals surface area contributed by atoms with Crippen molar-refractivity contribution in [2.24, 2.45) is 0 Å². The highest BCUT2D eigenvalue weighted by molar-refractivity contribution is 5.94. The molecule has 4 nitrogen and oxygen atoms in total. The van der Waals surface area contributed by atoms with E-state index in [1.165, 1.54) is 22.4 Å². The zero-order chi connectivity index (χ0) is 20.1. The highest BCUT2D eigenvalue weighted by atomic mass is 16.2. The van der Waals surface area contributed by atoms with E-state index in [0.29, 0.717) is 0 Å². The Morgan fingerprint density at radius 3 is 2.18 bits per heavy atom. The van der Waals surface area contributed by atoms with Crippen LogP contribution in [0.5, 0.6) is 0 Å². The van der Waals surface area contributed by atoms with Crippen LogP contribution in [0.3, 0.4) is 0 Å². The summed E-state index contributed by atoms with van der Waals surface area (Å²) in [6, 6.07) is 14.6. The van der Waals surface area contributed by atoms with E-state index in [2.05, 4.69) is 67.8 Å². The second kappa shape index (κ2) is 9.24. The molecule has 0 radical (unpaired) electrons. The van der Waals surface area contributed by atoms with Gasteiger partial charge in [-0.05, 0) is 61.8 Å². The van der Waals surface area contributed by atoms with Crippen molar-refractivity contribution in [1.82, 2.24) is 9.80 Å². The average molecular weight is 380 g/mol. The van der Waals surface area contributed by atoms with E-state index < -0.39 is 0 Å². The lowest BCUT2D eigenvalue weighted by molar-refractivity contribution is 0.0746. The Hall–Kier alpha value is -2.33. The fourth-order valence-electron chi connectivity index (χ4n) is 3.87. The number of aryl methyl sites for hydroxylation is 1. The summed E-state index contributed by atoms with van der Waals surface area (Å²) in [6.07, 6.45) is 0. The summed E-state index contributed by atoms with van der Waals surface area (Å²) in [7, 11) is 0. The zero-order valence-corrected chi connectivity index (χ0v) is 17.7. The van der Waals surface area contributed by atoms with E-state index in [9.17, 15) is 4.79 Å². The molecule has 1 amide bonds. The summed E-state index contributed by atoms with van der Waals surface area (Å²) in [4.78, 5) is 19.7. The van der Waals surface area contributed by atoms with Crippen LogP contribution >= 0.6 is 0 Å². The number of carbonyl (C=O) groups is 1. The Morgan fingerprint density at radius 2 is 1.57 bits per heavy atom. The molecule has 150 valence electrons. The molecule has 0 aromatic heterocycles. The third-order valence-corrected chi connectivity index (χ3v) is 5.99. The summed E-state index contributed by atoms with van der Waals surface area (Å²) >= 11 is 0. The van der Waals surface area contributed by atoms with Gasteiger partial charge in [0, 0.05) is 44.0 Å². The monoisotopic (exact) mass is 379 g/mol. The normalized spacial score (nSPS) is 14.6. The molecule has 0 atom stereocenters. The maximum Gasteiger partial charge on any atom is 0.253 e. The smallest absolute Gasteiger partial charge is 0.253 e. The first-order valence-corrected chi connectivity index (χ1v) is 10.4. The second-order valence-corrected chi connectivity index (χ2v) is 7.66. The van der Waals surface area contributed by atoms with Crippen molar-refractivity contribution in [2.75, 3.05) is 44.2 Å². The Balaban J connectivity index is 1.60. The van der Waals surface area contributed by atoms with Crippen LogP contribution in [0.15, 0.2) is 42.5 Å². The van der Waals surface area contributed by atoms with Crippen LogP contribution in [0.25, 0.3) is 0 Å². The predicted octanol–water partition coefficient (Wildman–Crippen LogP) is 4.11. The number of anilines is 1. The standard InChI is InChI=1S/C24H33N3O/c1-5-25(6-2)18-21-10-12-22(13-11-21)24(28)27-16-14-26(15-17-27)23-9-7-8-19(3)20(23)4/h7-13H,5-6,14-18H2,1-4H3. The number of piperazine rings is 1. The van der Waals surface area contributed by atoms with Gasteiger partial charge in [-0.25, -0.2) is 0 Å². The highest BCUT2D eigenvalue weighted by Gasteiger charge is 2.23. The fraction of sp³-hybridized carbons (Fsp3) is 0.458. The topological polar surface area (TPSA) is 26.8 Å². The summed E-state index contributed by atoms with van der Waals surface area (Å²) in [5.41, 5.74) is 6.02. The second-order valence-electron chi connectivity index (χ2n) is 7.66. The van der Waals surface area contributed by atoms with Crippen molar-refractivity contribution in [3.8, 4) is 0 Å². The van der Waals surface area contributed by atoms with Gasteiger partial charge in [0.2, 0.25) is 0 Å². The molecule has 1 fully saturated rings. The number of nitrogens with zero attached hydrogens (tertiary/aromatic N) is 3. The molecule has 1 aliphatic rings. The van der Waals surface area contributed by atoms with Gasteiger partial charge in [0.05, 0.1) is 0 Å². The van der Waals surface area contributed by atoms with Crippen molar-refractivity contribution in [1.29, 1.82) is 0 Å². The molecular weight excluding hydrogens is 346 g/mol. The van der Waals surface area contributed by atoms with Crippen LogP contribution in [0.2, 0.25) is 0 Å². The number of hydrogen-bond donors (Lipinski definition) is 0. The molecule has 2 aromatic rings. The van der Waals surface area contributed by atoms with E-state index in [-0.39, 0.29) is 5.91 Å². The molecule has 0 N–H and O–H groups in total. The molecule has 1 aliphatic heterocycles. The molecule has 0 aliphatic carbocycles. The van der Waals surface area contributed by atoms with Crippen LogP contribution in [-0.2, 0) is 6.54 Å². The first-order valence-electron chi connectivity index (χ1n) is 10.4. The molecule has 0 unspecified atom stereocenters. The van der Waals surface area contributed by atoms with Crippen molar-refractivity contribution in [3.05, 3.63) is 64.7 Å². The molecule has 1 saturated heterocycles. The van der Waals surface area contributed by atoms with E-state index >= 15 is 0 Å². The molecule has 4 heteroatoms. The van der Waals surface area contributed by atoms with Gasteiger partial charge in [-0.3, -0.25) is 9.69 Å². The van der Waals surface area contributed by atoms with E-state index in [1.807, 2.05) is 17.0 Å². The van der Waals surface area contributed by atoms with Gasteiger partial charge in [-0.15, -0.1) is 0 Å². The lowest BCUT2D eigenvalue weighted by Crippen LogP contribution is -2.49. The van der Waals surface area contributed by atoms with Crippen LogP contribution in [-0.4, -0.2) is 55.0 Å². The molecule has 1 heterocycles. The minimum Gasteiger partial charge on any atom is -0.368 e. The molecule has 3 rings (SSSR count). The largest absolute Gasteiger partial charge is 0.368 e. The zero-order valence-electron chi connectivity index (χ0n) is 17.7. The van der Waals surface area contributed by atoms with Crippen LogP contribution in [0, 0.1) is 13.8 Å². The average Bonchev–Trinajstić information content (AvgIpc) is 2.74. The number of carbonyl (C=O) groups excluding carboxylic acids is 1. The number of amides is 1. The Morgan fingerprint density at radius 1 is 0.929 bits per heavy atom. The Kier molecular flexibility index (Phi) is 6.74. The van der Waals surface area contributed by atoms with Gasteiger partial charge < -0.3 is 9.80 Å². The summed E-state index contributed by atoms with van der Waals surface area (Å²) in [5, 5.41) is 0. The molecule has 0 spiro atoms. The minimum atomic E-state index is 0.148. The maximum absolute atomic E-state index is 12.9. The Bertz CT molecular complexity index is 788. The predicted molar refractivity (Wildman–Crippen MR) is 117 cm³/mol. The van der Waals surface area contributed by atoms with Crippen LogP contribution in [0.1, 0.15) is 40.9 Å². The number of benzene rings is 2. The van der Waals surface area contributed by atoms with Gasteiger partial charge in [-0.2, -0.15) is 0 Å². The SMILES string of the molecule is CCN(CC)Cc1ccc(C(=O)N2CCN(c3cccc(C)c3C)CC2)cc1. The minimum absolute atomic E-state index is 0.148. The van der Waals surface area contributed by atoms with Gasteiger partial charge in [0.1, 0.15) is 0 Å². The van der Waals surface area contributed by atoms with Gasteiger partial charge in [0.25, 0.3) is 5.91 Å². The number of rotatable bonds is 6. The quantitative estimate of drug-likeness (QED) is 0.756.